The van der Waals surface area contributed by atoms with Crippen molar-refractivity contribution in [2.75, 3.05) is 19.7 Å². The first-order valence-corrected chi connectivity index (χ1v) is 6.69. The van der Waals surface area contributed by atoms with Crippen molar-refractivity contribution < 1.29 is 9.53 Å². The van der Waals surface area contributed by atoms with Crippen molar-refractivity contribution in [3.05, 3.63) is 0 Å². The minimum Gasteiger partial charge on any atom is -0.378 e. The second-order valence-electron chi connectivity index (χ2n) is 5.09. The number of nitrogens with two attached hydrogens (primary N) is 1. The molecule has 0 bridgehead atoms. The number of nitrogens with zero attached hydrogens (tertiary/aromatic N) is 1. The van der Waals surface area contributed by atoms with Crippen molar-refractivity contribution >= 4 is 5.91 Å². The molecule has 1 aliphatic carbocycles. The van der Waals surface area contributed by atoms with Crippen molar-refractivity contribution in [2.24, 2.45) is 11.7 Å². The van der Waals surface area contributed by atoms with Gasteiger partial charge in [0.25, 0.3) is 0 Å². The fourth-order valence-corrected chi connectivity index (χ4v) is 2.39. The molecule has 0 aromatic heterocycles. The Morgan fingerprint density at radius 1 is 1.47 bits per heavy atom. The Balaban J connectivity index is 2.29. The van der Waals surface area contributed by atoms with E-state index in [4.69, 9.17) is 10.5 Å². The average Bonchev–Trinajstić information content (AvgIpc) is 2.22. The molecule has 4 nitrogen and oxygen atoms in total. The van der Waals surface area contributed by atoms with Crippen molar-refractivity contribution in [3.8, 4) is 0 Å². The lowest BCUT2D eigenvalue weighted by atomic mass is 9.79. The lowest BCUT2D eigenvalue weighted by molar-refractivity contribution is -0.136. The second kappa shape index (κ2) is 6.97. The molecule has 0 heterocycles. The number of amides is 1. The molecule has 0 aromatic carbocycles. The first kappa shape index (κ1) is 14.5. The molecule has 0 radical (unpaired) electrons. The minimum atomic E-state index is 0.241. The summed E-state index contributed by atoms with van der Waals surface area (Å²) < 4.78 is 5.50. The van der Waals surface area contributed by atoms with Gasteiger partial charge in [0, 0.05) is 32.2 Å². The molecule has 2 N–H and O–H groups in total. The Morgan fingerprint density at radius 2 is 2.12 bits per heavy atom. The van der Waals surface area contributed by atoms with E-state index >= 15 is 0 Å². The van der Waals surface area contributed by atoms with Crippen LogP contribution in [0.15, 0.2) is 0 Å². The molecule has 0 atom stereocenters. The van der Waals surface area contributed by atoms with Gasteiger partial charge in [-0.05, 0) is 39.5 Å². The quantitative estimate of drug-likeness (QED) is 0.734. The standard InChI is InChI=1S/C13H26N2O2/c1-4-17-12-7-11(8-12)9-13(16)15(6-5-14)10(2)3/h10-12H,4-9,14H2,1-3H3. The fraction of sp³-hybridized carbons (Fsp3) is 0.923. The Kier molecular flexibility index (Phi) is 5.92. The van der Waals surface area contributed by atoms with Crippen molar-refractivity contribution in [1.29, 1.82) is 0 Å². The molecule has 1 saturated carbocycles. The predicted molar refractivity (Wildman–Crippen MR) is 68.7 cm³/mol. The van der Waals surface area contributed by atoms with Gasteiger partial charge < -0.3 is 15.4 Å². The Hall–Kier alpha value is -0.610. The second-order valence-corrected chi connectivity index (χ2v) is 5.09. The van der Waals surface area contributed by atoms with E-state index in [1.807, 2.05) is 25.7 Å². The van der Waals surface area contributed by atoms with Crippen LogP contribution in [0.1, 0.15) is 40.0 Å². The highest BCUT2D eigenvalue weighted by molar-refractivity contribution is 5.76. The lowest BCUT2D eigenvalue weighted by Crippen LogP contribution is -2.43. The molecule has 4 heteroatoms. The number of hydrogen-bond acceptors (Lipinski definition) is 3. The molecular formula is C13H26N2O2. The van der Waals surface area contributed by atoms with Crippen LogP contribution in [0.2, 0.25) is 0 Å². The molecule has 100 valence electrons. The van der Waals surface area contributed by atoms with Crippen molar-refractivity contribution in [3.63, 3.8) is 0 Å². The summed E-state index contributed by atoms with van der Waals surface area (Å²) in [5, 5.41) is 0. The molecule has 1 aliphatic rings. The molecule has 0 unspecified atom stereocenters. The van der Waals surface area contributed by atoms with Crippen LogP contribution in [0, 0.1) is 5.92 Å². The third kappa shape index (κ3) is 4.28. The smallest absolute Gasteiger partial charge is 0.223 e. The topological polar surface area (TPSA) is 55.6 Å². The van der Waals surface area contributed by atoms with Crippen LogP contribution in [0.4, 0.5) is 0 Å². The largest absolute Gasteiger partial charge is 0.378 e. The van der Waals surface area contributed by atoms with Crippen molar-refractivity contribution in [1.82, 2.24) is 4.90 Å². The number of rotatable bonds is 7. The van der Waals surface area contributed by atoms with E-state index in [9.17, 15) is 4.79 Å². The van der Waals surface area contributed by atoms with Crippen LogP contribution in [-0.4, -0.2) is 42.6 Å². The van der Waals surface area contributed by atoms with Crippen LogP contribution in [0.5, 0.6) is 0 Å². The molecule has 0 saturated heterocycles. The number of carbonyl (C=O) groups is 1. The summed E-state index contributed by atoms with van der Waals surface area (Å²) >= 11 is 0. The molecule has 0 aromatic rings. The third-order valence-corrected chi connectivity index (χ3v) is 3.37. The average molecular weight is 242 g/mol. The highest BCUT2D eigenvalue weighted by atomic mass is 16.5. The summed E-state index contributed by atoms with van der Waals surface area (Å²) in [6, 6.07) is 0.244. The first-order valence-electron chi connectivity index (χ1n) is 6.69. The highest BCUT2D eigenvalue weighted by Crippen LogP contribution is 2.33. The molecule has 1 fully saturated rings. The first-order chi connectivity index (χ1) is 8.08. The molecular weight excluding hydrogens is 216 g/mol. The molecule has 0 aliphatic heterocycles. The van der Waals surface area contributed by atoms with Gasteiger partial charge in [-0.15, -0.1) is 0 Å². The van der Waals surface area contributed by atoms with E-state index < -0.39 is 0 Å². The van der Waals surface area contributed by atoms with E-state index in [0.29, 0.717) is 31.5 Å². The van der Waals surface area contributed by atoms with E-state index in [2.05, 4.69) is 0 Å². The van der Waals surface area contributed by atoms with Crippen molar-refractivity contribution in [2.45, 2.75) is 52.2 Å². The molecule has 1 rings (SSSR count). The Bertz CT molecular complexity index is 238. The summed E-state index contributed by atoms with van der Waals surface area (Å²) in [4.78, 5) is 14.0. The number of ether oxygens (including phenoxy) is 1. The van der Waals surface area contributed by atoms with Gasteiger partial charge >= 0.3 is 0 Å². The summed E-state index contributed by atoms with van der Waals surface area (Å²) in [7, 11) is 0. The highest BCUT2D eigenvalue weighted by Gasteiger charge is 2.32. The lowest BCUT2D eigenvalue weighted by Gasteiger charge is -2.36. The minimum absolute atomic E-state index is 0.241. The van der Waals surface area contributed by atoms with Crippen LogP contribution in [0.3, 0.4) is 0 Å². The van der Waals surface area contributed by atoms with Gasteiger partial charge in [-0.3, -0.25) is 4.79 Å². The fourth-order valence-electron chi connectivity index (χ4n) is 2.39. The van der Waals surface area contributed by atoms with Gasteiger partial charge in [-0.25, -0.2) is 0 Å². The summed E-state index contributed by atoms with van der Waals surface area (Å²) in [6.45, 7) is 8.07. The normalized spacial score (nSPS) is 23.6. The van der Waals surface area contributed by atoms with E-state index in [-0.39, 0.29) is 11.9 Å². The number of carbonyl (C=O) groups excluding carboxylic acids is 1. The maximum atomic E-state index is 12.1. The van der Waals surface area contributed by atoms with Crippen LogP contribution < -0.4 is 5.73 Å². The monoisotopic (exact) mass is 242 g/mol. The van der Waals surface area contributed by atoms with E-state index in [1.54, 1.807) is 0 Å². The Morgan fingerprint density at radius 3 is 2.59 bits per heavy atom. The van der Waals surface area contributed by atoms with E-state index in [0.717, 1.165) is 19.4 Å². The van der Waals surface area contributed by atoms with Gasteiger partial charge in [-0.2, -0.15) is 0 Å². The van der Waals surface area contributed by atoms with E-state index in [1.165, 1.54) is 0 Å². The summed E-state index contributed by atoms with van der Waals surface area (Å²) in [6.07, 6.45) is 3.11. The number of hydrogen-bond donors (Lipinski definition) is 1. The van der Waals surface area contributed by atoms with Gasteiger partial charge in [-0.1, -0.05) is 0 Å². The third-order valence-electron chi connectivity index (χ3n) is 3.37. The maximum absolute atomic E-state index is 12.1. The van der Waals surface area contributed by atoms with Gasteiger partial charge in [0.2, 0.25) is 5.91 Å². The van der Waals surface area contributed by atoms with Crippen LogP contribution in [0.25, 0.3) is 0 Å². The zero-order chi connectivity index (χ0) is 12.8. The van der Waals surface area contributed by atoms with Crippen LogP contribution in [-0.2, 0) is 9.53 Å². The van der Waals surface area contributed by atoms with Gasteiger partial charge in [0.15, 0.2) is 0 Å². The zero-order valence-corrected chi connectivity index (χ0v) is 11.3. The van der Waals surface area contributed by atoms with Gasteiger partial charge in [0.1, 0.15) is 0 Å². The Labute approximate surface area is 104 Å². The summed E-state index contributed by atoms with van der Waals surface area (Å²) in [5.74, 6) is 0.753. The SMILES string of the molecule is CCOC1CC(CC(=O)N(CCN)C(C)C)C1. The zero-order valence-electron chi connectivity index (χ0n) is 11.3. The molecule has 1 amide bonds. The molecule has 0 spiro atoms. The summed E-state index contributed by atoms with van der Waals surface area (Å²) in [5.41, 5.74) is 5.53. The van der Waals surface area contributed by atoms with Crippen LogP contribution >= 0.6 is 0 Å². The predicted octanol–water partition coefficient (Wildman–Crippen LogP) is 1.39. The maximum Gasteiger partial charge on any atom is 0.223 e. The van der Waals surface area contributed by atoms with Gasteiger partial charge in [0.05, 0.1) is 6.10 Å². The molecule has 17 heavy (non-hydrogen) atoms.